The highest BCUT2D eigenvalue weighted by molar-refractivity contribution is 7.92. The predicted octanol–water partition coefficient (Wildman–Crippen LogP) is 3.55. The number of carboxylic acid groups (broad SMARTS) is 1. The molecule has 1 saturated heterocycles. The van der Waals surface area contributed by atoms with Gasteiger partial charge in [-0.25, -0.2) is 13.2 Å². The Kier molecular flexibility index (Phi) is 5.33. The van der Waals surface area contributed by atoms with Crippen molar-refractivity contribution in [1.29, 1.82) is 0 Å². The first-order valence-corrected chi connectivity index (χ1v) is 11.8. The van der Waals surface area contributed by atoms with E-state index < -0.39 is 32.5 Å². The van der Waals surface area contributed by atoms with Gasteiger partial charge >= 0.3 is 5.97 Å². The van der Waals surface area contributed by atoms with Gasteiger partial charge in [0.2, 0.25) is 5.91 Å². The van der Waals surface area contributed by atoms with E-state index in [4.69, 9.17) is 23.2 Å². The van der Waals surface area contributed by atoms with Crippen LogP contribution in [0.5, 0.6) is 0 Å². The summed E-state index contributed by atoms with van der Waals surface area (Å²) in [5, 5.41) is 8.91. The zero-order valence-corrected chi connectivity index (χ0v) is 18.1. The summed E-state index contributed by atoms with van der Waals surface area (Å²) in [5.41, 5.74) is 0.0529. The summed E-state index contributed by atoms with van der Waals surface area (Å²) in [4.78, 5) is 26.4. The first-order chi connectivity index (χ1) is 14.2. The second kappa shape index (κ2) is 7.55. The van der Waals surface area contributed by atoms with Crippen LogP contribution in [0.2, 0.25) is 10.0 Å². The van der Waals surface area contributed by atoms with Crippen LogP contribution in [0.3, 0.4) is 0 Å². The molecule has 0 radical (unpaired) electrons. The molecule has 4 rings (SSSR count). The third-order valence-electron chi connectivity index (χ3n) is 5.93. The Morgan fingerprint density at radius 2 is 1.73 bits per heavy atom. The molecule has 2 unspecified atom stereocenters. The monoisotopic (exact) mass is 467 g/mol. The minimum atomic E-state index is -3.96. The van der Waals surface area contributed by atoms with E-state index in [1.165, 1.54) is 23.1 Å². The molecule has 0 aromatic heterocycles. The lowest BCUT2D eigenvalue weighted by Gasteiger charge is -2.27. The average molecular weight is 468 g/mol. The smallest absolute Gasteiger partial charge is 0.326 e. The van der Waals surface area contributed by atoms with Gasteiger partial charge in [-0.1, -0.05) is 53.5 Å². The van der Waals surface area contributed by atoms with Gasteiger partial charge in [-0.2, -0.15) is 0 Å². The van der Waals surface area contributed by atoms with Crippen LogP contribution in [0.1, 0.15) is 24.8 Å². The van der Waals surface area contributed by atoms with Crippen molar-refractivity contribution in [3.05, 3.63) is 64.1 Å². The Morgan fingerprint density at radius 3 is 2.30 bits per heavy atom. The fourth-order valence-corrected chi connectivity index (χ4v) is 6.62. The number of carbonyl (C=O) groups excluding carboxylic acids is 1. The van der Waals surface area contributed by atoms with Crippen molar-refractivity contribution in [3.63, 3.8) is 0 Å². The molecule has 1 amide bonds. The fraction of sp³-hybridized carbons (Fsp3) is 0.333. The Morgan fingerprint density at radius 1 is 1.07 bits per heavy atom. The van der Waals surface area contributed by atoms with Gasteiger partial charge in [0.05, 0.1) is 20.6 Å². The largest absolute Gasteiger partial charge is 0.480 e. The van der Waals surface area contributed by atoms with Crippen molar-refractivity contribution in [2.75, 3.05) is 6.54 Å². The van der Waals surface area contributed by atoms with Gasteiger partial charge < -0.3 is 10.0 Å². The molecule has 9 heteroatoms. The summed E-state index contributed by atoms with van der Waals surface area (Å²) in [7, 11) is -3.96. The first-order valence-electron chi connectivity index (χ1n) is 9.45. The number of likely N-dealkylation sites (tertiary alicyclic amines) is 1. The summed E-state index contributed by atoms with van der Waals surface area (Å²) in [6.45, 7) is -0.189. The Balaban J connectivity index is 1.66. The van der Waals surface area contributed by atoms with Crippen LogP contribution in [0, 0.1) is 0 Å². The molecule has 2 aromatic rings. The van der Waals surface area contributed by atoms with E-state index in [-0.39, 0.29) is 28.8 Å². The van der Waals surface area contributed by atoms with E-state index in [9.17, 15) is 23.1 Å². The van der Waals surface area contributed by atoms with E-state index in [0.717, 1.165) is 5.56 Å². The molecule has 1 saturated carbocycles. The molecule has 1 aliphatic carbocycles. The molecule has 1 N–H and O–H groups in total. The van der Waals surface area contributed by atoms with Gasteiger partial charge in [-0.05, 0) is 43.0 Å². The minimum Gasteiger partial charge on any atom is -0.480 e. The van der Waals surface area contributed by atoms with Crippen LogP contribution >= 0.6 is 23.2 Å². The number of sulfone groups is 1. The number of halogens is 2. The van der Waals surface area contributed by atoms with E-state index in [0.29, 0.717) is 17.9 Å². The molecule has 6 nitrogen and oxygen atoms in total. The summed E-state index contributed by atoms with van der Waals surface area (Å²) in [6.07, 6.45) is 1.03. The number of carbonyl (C=O) groups is 2. The number of amides is 1. The van der Waals surface area contributed by atoms with Gasteiger partial charge in [0.25, 0.3) is 0 Å². The van der Waals surface area contributed by atoms with Gasteiger partial charge in [0, 0.05) is 11.6 Å². The number of hydrogen-bond acceptors (Lipinski definition) is 4. The van der Waals surface area contributed by atoms with Crippen molar-refractivity contribution >= 4 is 44.9 Å². The maximum absolute atomic E-state index is 13.4. The van der Waals surface area contributed by atoms with Crippen LogP contribution < -0.4 is 0 Å². The molecule has 2 atom stereocenters. The number of hydrogen-bond donors (Lipinski definition) is 1. The van der Waals surface area contributed by atoms with Crippen molar-refractivity contribution < 1.29 is 23.1 Å². The highest BCUT2D eigenvalue weighted by Gasteiger charge is 2.57. The predicted molar refractivity (Wildman–Crippen MR) is 113 cm³/mol. The molecule has 2 fully saturated rings. The Bertz CT molecular complexity index is 1120. The normalized spacial score (nSPS) is 22.7. The third kappa shape index (κ3) is 3.49. The van der Waals surface area contributed by atoms with Gasteiger partial charge in [0.1, 0.15) is 6.04 Å². The summed E-state index contributed by atoms with van der Waals surface area (Å²) in [6, 6.07) is 12.1. The molecule has 2 aromatic carbocycles. The maximum atomic E-state index is 13.4. The van der Waals surface area contributed by atoms with Crippen LogP contribution in [0.25, 0.3) is 0 Å². The van der Waals surface area contributed by atoms with Crippen LogP contribution in [-0.2, 0) is 24.8 Å². The van der Waals surface area contributed by atoms with E-state index in [1.807, 2.05) is 30.3 Å². The summed E-state index contributed by atoms with van der Waals surface area (Å²) < 4.78 is 26.4. The molecule has 1 aliphatic heterocycles. The lowest BCUT2D eigenvalue weighted by molar-refractivity contribution is -0.149. The minimum absolute atomic E-state index is 0.0258. The zero-order chi connectivity index (χ0) is 21.7. The lowest BCUT2D eigenvalue weighted by Crippen LogP contribution is -2.46. The number of benzene rings is 2. The second-order valence-electron chi connectivity index (χ2n) is 7.74. The lowest BCUT2D eigenvalue weighted by atomic mass is 9.94. The summed E-state index contributed by atoms with van der Waals surface area (Å²) >= 11 is 12.0. The van der Waals surface area contributed by atoms with E-state index >= 15 is 0 Å². The Labute approximate surface area is 184 Å². The van der Waals surface area contributed by atoms with Gasteiger partial charge in [0.15, 0.2) is 9.84 Å². The zero-order valence-electron chi connectivity index (χ0n) is 15.8. The molecular weight excluding hydrogens is 449 g/mol. The number of nitrogens with zero attached hydrogens (tertiary/aromatic N) is 1. The van der Waals surface area contributed by atoms with E-state index in [2.05, 4.69) is 0 Å². The van der Waals surface area contributed by atoms with Gasteiger partial charge in [-0.3, -0.25) is 4.79 Å². The SMILES string of the molecule is O=C(O)C1CC(S(=O)(=O)c2ccc(Cl)cc2Cl)CN1C(=O)C1(c2ccccc2)CC1. The molecule has 0 bridgehead atoms. The number of rotatable bonds is 5. The maximum Gasteiger partial charge on any atom is 0.326 e. The van der Waals surface area contributed by atoms with Crippen LogP contribution in [0.4, 0.5) is 0 Å². The molecule has 30 heavy (non-hydrogen) atoms. The number of carboxylic acids is 1. The standard InChI is InChI=1S/C21H19Cl2NO5S/c22-14-6-7-18(16(23)10-14)30(28,29)15-11-17(19(25)26)24(12-15)20(27)21(8-9-21)13-4-2-1-3-5-13/h1-7,10,15,17H,8-9,11-12H2,(H,25,26). The highest BCUT2D eigenvalue weighted by atomic mass is 35.5. The molecule has 2 aliphatic rings. The molecule has 1 heterocycles. The number of aliphatic carboxylic acids is 1. The van der Waals surface area contributed by atoms with Crippen molar-refractivity contribution in [1.82, 2.24) is 4.90 Å². The summed E-state index contributed by atoms with van der Waals surface area (Å²) in [5.74, 6) is -1.55. The molecular formula is C21H19Cl2NO5S. The Hall–Kier alpha value is -2.09. The average Bonchev–Trinajstić information content (AvgIpc) is 3.38. The van der Waals surface area contributed by atoms with Crippen LogP contribution in [0.15, 0.2) is 53.4 Å². The van der Waals surface area contributed by atoms with Crippen molar-refractivity contribution in [2.45, 2.75) is 40.9 Å². The van der Waals surface area contributed by atoms with Crippen molar-refractivity contribution in [2.24, 2.45) is 0 Å². The first kappa shape index (κ1) is 21.2. The molecule has 158 valence electrons. The highest BCUT2D eigenvalue weighted by Crippen LogP contribution is 2.50. The van der Waals surface area contributed by atoms with Crippen molar-refractivity contribution in [3.8, 4) is 0 Å². The molecule has 0 spiro atoms. The third-order valence-corrected chi connectivity index (χ3v) is 8.78. The quantitative estimate of drug-likeness (QED) is 0.725. The topological polar surface area (TPSA) is 91.8 Å². The van der Waals surface area contributed by atoms with Crippen LogP contribution in [-0.4, -0.2) is 48.1 Å². The van der Waals surface area contributed by atoms with E-state index in [1.54, 1.807) is 0 Å². The second-order valence-corrected chi connectivity index (χ2v) is 10.8. The van der Waals surface area contributed by atoms with Gasteiger partial charge in [-0.15, -0.1) is 0 Å². The fourth-order valence-electron chi connectivity index (χ4n) is 4.15.